The van der Waals surface area contributed by atoms with Crippen molar-refractivity contribution >= 4 is 17.5 Å². The fourth-order valence-corrected chi connectivity index (χ4v) is 4.05. The van der Waals surface area contributed by atoms with Gasteiger partial charge in [-0.05, 0) is 30.5 Å². The van der Waals surface area contributed by atoms with E-state index in [9.17, 15) is 19.7 Å². The highest BCUT2D eigenvalue weighted by atomic mass is 16.6. The van der Waals surface area contributed by atoms with E-state index in [4.69, 9.17) is 9.47 Å². The Kier molecular flexibility index (Phi) is 10.2. The summed E-state index contributed by atoms with van der Waals surface area (Å²) in [5.41, 5.74) is 2.64. The lowest BCUT2D eigenvalue weighted by atomic mass is 10.0. The summed E-state index contributed by atoms with van der Waals surface area (Å²) in [7, 11) is 1.32. The van der Waals surface area contributed by atoms with Crippen LogP contribution in [-0.2, 0) is 22.6 Å². The highest BCUT2D eigenvalue weighted by molar-refractivity contribution is 5.88. The molecular weight excluding hydrogens is 486 g/mol. The fourth-order valence-electron chi connectivity index (χ4n) is 4.05. The molecule has 0 spiro atoms. The summed E-state index contributed by atoms with van der Waals surface area (Å²) >= 11 is 0. The first-order chi connectivity index (χ1) is 18.3. The van der Waals surface area contributed by atoms with Gasteiger partial charge in [0.2, 0.25) is 11.7 Å². The number of amides is 2. The van der Waals surface area contributed by atoms with E-state index in [2.05, 4.69) is 5.32 Å². The van der Waals surface area contributed by atoms with E-state index in [-0.39, 0.29) is 36.2 Å². The minimum atomic E-state index is -0.771. The average molecular weight is 520 g/mol. The highest BCUT2D eigenvalue weighted by Crippen LogP contribution is 2.30. The minimum absolute atomic E-state index is 0.0254. The molecule has 9 heteroatoms. The third-order valence-electron chi connectivity index (χ3n) is 5.97. The van der Waals surface area contributed by atoms with E-state index in [1.54, 1.807) is 0 Å². The molecule has 0 radical (unpaired) electrons. The van der Waals surface area contributed by atoms with E-state index < -0.39 is 16.9 Å². The Hall–Kier alpha value is -4.40. The second-order valence-corrected chi connectivity index (χ2v) is 8.89. The number of carbonyl (C=O) groups is 2. The Morgan fingerprint density at radius 2 is 1.76 bits per heavy atom. The molecule has 3 rings (SSSR count). The summed E-state index contributed by atoms with van der Waals surface area (Å²) in [6, 6.07) is 20.6. The van der Waals surface area contributed by atoms with Crippen LogP contribution in [0, 0.1) is 17.0 Å². The van der Waals surface area contributed by atoms with Crippen LogP contribution in [0.15, 0.2) is 72.8 Å². The molecule has 0 heterocycles. The maximum Gasteiger partial charge on any atom is 0.311 e. The van der Waals surface area contributed by atoms with Gasteiger partial charge < -0.3 is 19.7 Å². The number of carbonyl (C=O) groups excluding carboxylic acids is 2. The molecule has 1 unspecified atom stereocenters. The summed E-state index contributed by atoms with van der Waals surface area (Å²) in [6.45, 7) is 4.28. The van der Waals surface area contributed by atoms with E-state index in [1.807, 2.05) is 68.4 Å². The van der Waals surface area contributed by atoms with Crippen molar-refractivity contribution in [3.63, 3.8) is 0 Å². The molecule has 0 aromatic heterocycles. The van der Waals surface area contributed by atoms with Crippen molar-refractivity contribution in [2.75, 3.05) is 20.3 Å². The summed E-state index contributed by atoms with van der Waals surface area (Å²) in [4.78, 5) is 39.1. The number of nitro groups is 1. The first kappa shape index (κ1) is 28.2. The van der Waals surface area contributed by atoms with Gasteiger partial charge in [-0.1, -0.05) is 67.1 Å². The molecule has 1 atom stereocenters. The van der Waals surface area contributed by atoms with Crippen LogP contribution >= 0.6 is 0 Å². The number of nitrogens with zero attached hydrogens (tertiary/aromatic N) is 2. The maximum atomic E-state index is 13.6. The monoisotopic (exact) mass is 519 g/mol. The van der Waals surface area contributed by atoms with Crippen molar-refractivity contribution in [3.05, 3.63) is 99.6 Å². The number of rotatable bonds is 13. The van der Waals surface area contributed by atoms with Crippen molar-refractivity contribution in [1.29, 1.82) is 0 Å². The first-order valence-electron chi connectivity index (χ1n) is 12.4. The average Bonchev–Trinajstić information content (AvgIpc) is 2.92. The maximum absolute atomic E-state index is 13.6. The van der Waals surface area contributed by atoms with Gasteiger partial charge in [-0.15, -0.1) is 0 Å². The van der Waals surface area contributed by atoms with Crippen LogP contribution < -0.4 is 14.8 Å². The van der Waals surface area contributed by atoms with Crippen molar-refractivity contribution in [2.24, 2.45) is 0 Å². The van der Waals surface area contributed by atoms with Gasteiger partial charge in [0.15, 0.2) is 6.61 Å². The molecule has 0 aliphatic rings. The predicted molar refractivity (Wildman–Crippen MR) is 144 cm³/mol. The number of ether oxygens (including phenoxy) is 2. The Bertz CT molecular complexity index is 1250. The zero-order valence-electron chi connectivity index (χ0n) is 21.9. The Morgan fingerprint density at radius 3 is 2.42 bits per heavy atom. The van der Waals surface area contributed by atoms with E-state index in [1.165, 1.54) is 30.2 Å². The second kappa shape index (κ2) is 13.8. The molecule has 0 bridgehead atoms. The Balaban J connectivity index is 1.90. The van der Waals surface area contributed by atoms with E-state index in [0.717, 1.165) is 23.1 Å². The third-order valence-corrected chi connectivity index (χ3v) is 5.97. The number of nitro benzene ring substituents is 1. The van der Waals surface area contributed by atoms with Gasteiger partial charge >= 0.3 is 5.69 Å². The number of nitrogens with one attached hydrogen (secondary N) is 1. The van der Waals surface area contributed by atoms with Crippen LogP contribution in [0.2, 0.25) is 0 Å². The number of hydrogen-bond acceptors (Lipinski definition) is 6. The van der Waals surface area contributed by atoms with Crippen molar-refractivity contribution in [2.45, 2.75) is 39.3 Å². The SMILES string of the molecule is CCCNC(=O)C(Cc1ccccc1)N(Cc1cccc(C)c1)C(=O)COc1ccc([N+](=O)[O-])c(OC)c1. The molecule has 200 valence electrons. The minimum Gasteiger partial charge on any atom is -0.490 e. The van der Waals surface area contributed by atoms with E-state index >= 15 is 0 Å². The quantitative estimate of drug-likeness (QED) is 0.264. The lowest BCUT2D eigenvalue weighted by molar-refractivity contribution is -0.385. The topological polar surface area (TPSA) is 111 Å². The van der Waals surface area contributed by atoms with Crippen molar-refractivity contribution in [3.8, 4) is 11.5 Å². The molecule has 38 heavy (non-hydrogen) atoms. The molecule has 3 aromatic carbocycles. The Labute approximate surface area is 222 Å². The molecule has 0 saturated heterocycles. The third kappa shape index (κ3) is 7.80. The van der Waals surface area contributed by atoms with Gasteiger partial charge in [0.25, 0.3) is 5.91 Å². The predicted octanol–water partition coefficient (Wildman–Crippen LogP) is 4.46. The second-order valence-electron chi connectivity index (χ2n) is 8.89. The zero-order chi connectivity index (χ0) is 27.5. The molecule has 3 aromatic rings. The van der Waals surface area contributed by atoms with Crippen LogP contribution in [-0.4, -0.2) is 47.9 Å². The lowest BCUT2D eigenvalue weighted by Gasteiger charge is -2.31. The number of aryl methyl sites for hydroxylation is 1. The molecule has 9 nitrogen and oxygen atoms in total. The molecule has 0 aliphatic heterocycles. The standard InChI is InChI=1S/C29H33N3O6/c1-4-15-30-29(34)26(17-22-10-6-5-7-11-22)31(19-23-12-8-9-21(2)16-23)28(33)20-38-24-13-14-25(32(35)36)27(18-24)37-3/h5-14,16,18,26H,4,15,17,19-20H2,1-3H3,(H,30,34). The van der Waals surface area contributed by atoms with Gasteiger partial charge in [-0.3, -0.25) is 19.7 Å². The van der Waals surface area contributed by atoms with Crippen LogP contribution in [0.25, 0.3) is 0 Å². The first-order valence-corrected chi connectivity index (χ1v) is 12.4. The molecule has 0 fully saturated rings. The molecular formula is C29H33N3O6. The molecule has 1 N–H and O–H groups in total. The largest absolute Gasteiger partial charge is 0.490 e. The van der Waals surface area contributed by atoms with Gasteiger partial charge in [0.05, 0.1) is 12.0 Å². The van der Waals surface area contributed by atoms with Crippen LogP contribution in [0.5, 0.6) is 11.5 Å². The zero-order valence-corrected chi connectivity index (χ0v) is 21.9. The molecule has 0 aliphatic carbocycles. The smallest absolute Gasteiger partial charge is 0.311 e. The lowest BCUT2D eigenvalue weighted by Crippen LogP contribution is -2.51. The van der Waals surface area contributed by atoms with Crippen molar-refractivity contribution in [1.82, 2.24) is 10.2 Å². The van der Waals surface area contributed by atoms with Gasteiger partial charge in [-0.2, -0.15) is 0 Å². The van der Waals surface area contributed by atoms with Gasteiger partial charge in [0, 0.05) is 31.6 Å². The summed E-state index contributed by atoms with van der Waals surface area (Å²) in [5, 5.41) is 14.1. The number of methoxy groups -OCH3 is 1. The number of hydrogen-bond donors (Lipinski definition) is 1. The summed E-state index contributed by atoms with van der Waals surface area (Å²) < 4.78 is 10.8. The summed E-state index contributed by atoms with van der Waals surface area (Å²) in [6.07, 6.45) is 1.10. The van der Waals surface area contributed by atoms with Crippen molar-refractivity contribution < 1.29 is 24.0 Å². The highest BCUT2D eigenvalue weighted by Gasteiger charge is 2.30. The van der Waals surface area contributed by atoms with Gasteiger partial charge in [-0.25, -0.2) is 0 Å². The van der Waals surface area contributed by atoms with Gasteiger partial charge in [0.1, 0.15) is 11.8 Å². The Morgan fingerprint density at radius 1 is 1.03 bits per heavy atom. The van der Waals surface area contributed by atoms with Crippen LogP contribution in [0.3, 0.4) is 0 Å². The van der Waals surface area contributed by atoms with Crippen LogP contribution in [0.1, 0.15) is 30.0 Å². The molecule has 0 saturated carbocycles. The number of benzene rings is 3. The molecule has 2 amide bonds. The van der Waals surface area contributed by atoms with E-state index in [0.29, 0.717) is 13.0 Å². The van der Waals surface area contributed by atoms with Crippen LogP contribution in [0.4, 0.5) is 5.69 Å². The summed E-state index contributed by atoms with van der Waals surface area (Å²) in [5.74, 6) is -0.367. The fraction of sp³-hybridized carbons (Fsp3) is 0.310. The normalized spacial score (nSPS) is 11.3.